The van der Waals surface area contributed by atoms with Crippen molar-refractivity contribution < 1.29 is 4.39 Å². The van der Waals surface area contributed by atoms with E-state index in [1.165, 1.54) is 19.0 Å². The molecule has 3 rings (SSSR count). The monoisotopic (exact) mass is 221 g/mol. The number of anilines is 1. The van der Waals surface area contributed by atoms with Crippen LogP contribution in [-0.4, -0.2) is 30.7 Å². The van der Waals surface area contributed by atoms with Crippen LogP contribution in [0.5, 0.6) is 0 Å². The summed E-state index contributed by atoms with van der Waals surface area (Å²) in [6.45, 7) is 3.15. The number of rotatable bonds is 1. The third kappa shape index (κ3) is 1.78. The summed E-state index contributed by atoms with van der Waals surface area (Å²) in [5.74, 6) is 0.575. The maximum atomic E-state index is 13.1. The molecule has 0 radical (unpaired) electrons. The van der Waals surface area contributed by atoms with Gasteiger partial charge in [0.2, 0.25) is 0 Å². The summed E-state index contributed by atoms with van der Waals surface area (Å²) in [6.07, 6.45) is 5.49. The normalized spacial score (nSPS) is 29.2. The Morgan fingerprint density at radius 3 is 3.12 bits per heavy atom. The van der Waals surface area contributed by atoms with E-state index in [0.717, 1.165) is 31.2 Å². The number of nitrogens with one attached hydrogen (secondary N) is 1. The van der Waals surface area contributed by atoms with Crippen LogP contribution >= 0.6 is 0 Å². The van der Waals surface area contributed by atoms with Gasteiger partial charge in [-0.1, -0.05) is 0 Å². The van der Waals surface area contributed by atoms with E-state index in [2.05, 4.69) is 15.2 Å². The lowest BCUT2D eigenvalue weighted by Crippen LogP contribution is -2.56. The summed E-state index contributed by atoms with van der Waals surface area (Å²) in [6, 6.07) is 2.16. The molecular weight excluding hydrogens is 205 g/mol. The van der Waals surface area contributed by atoms with Gasteiger partial charge in [0.15, 0.2) is 0 Å². The van der Waals surface area contributed by atoms with E-state index < -0.39 is 0 Å². The van der Waals surface area contributed by atoms with Gasteiger partial charge in [0.1, 0.15) is 5.82 Å². The summed E-state index contributed by atoms with van der Waals surface area (Å²) in [4.78, 5) is 6.16. The van der Waals surface area contributed by atoms with Crippen LogP contribution in [0.4, 0.5) is 10.1 Å². The van der Waals surface area contributed by atoms with Gasteiger partial charge in [-0.15, -0.1) is 0 Å². The molecule has 4 heteroatoms. The molecule has 2 aliphatic rings. The second-order valence-electron chi connectivity index (χ2n) is 4.72. The Bertz CT molecular complexity index is 382. The summed E-state index contributed by atoms with van der Waals surface area (Å²) in [5, 5.41) is 3.45. The zero-order valence-corrected chi connectivity index (χ0v) is 9.19. The van der Waals surface area contributed by atoms with Crippen LogP contribution in [0.15, 0.2) is 18.5 Å². The highest BCUT2D eigenvalue weighted by Crippen LogP contribution is 2.26. The Morgan fingerprint density at radius 2 is 2.38 bits per heavy atom. The first-order valence-electron chi connectivity index (χ1n) is 5.92. The van der Waals surface area contributed by atoms with Crippen LogP contribution in [0.3, 0.4) is 0 Å². The summed E-state index contributed by atoms with van der Waals surface area (Å²) < 4.78 is 13.1. The first-order chi connectivity index (χ1) is 7.83. The fraction of sp³-hybridized carbons (Fsp3) is 0.583. The fourth-order valence-electron chi connectivity index (χ4n) is 2.65. The Kier molecular flexibility index (Phi) is 2.52. The van der Waals surface area contributed by atoms with Gasteiger partial charge in [-0.25, -0.2) is 4.39 Å². The Labute approximate surface area is 94.7 Å². The highest BCUT2D eigenvalue weighted by molar-refractivity contribution is 5.44. The molecule has 2 aliphatic heterocycles. The smallest absolute Gasteiger partial charge is 0.143 e. The van der Waals surface area contributed by atoms with E-state index in [1.807, 2.05) is 0 Å². The van der Waals surface area contributed by atoms with Crippen molar-refractivity contribution >= 4 is 5.69 Å². The van der Waals surface area contributed by atoms with Gasteiger partial charge in [0.05, 0.1) is 18.1 Å². The molecule has 3 nitrogen and oxygen atoms in total. The van der Waals surface area contributed by atoms with E-state index in [1.54, 1.807) is 12.3 Å². The average Bonchev–Trinajstić information content (AvgIpc) is 2.39. The van der Waals surface area contributed by atoms with Crippen LogP contribution in [0, 0.1) is 11.7 Å². The van der Waals surface area contributed by atoms with E-state index >= 15 is 0 Å². The van der Waals surface area contributed by atoms with Gasteiger partial charge in [-0.05, 0) is 25.3 Å². The lowest BCUT2D eigenvalue weighted by atomic mass is 9.89. The zero-order valence-electron chi connectivity index (χ0n) is 9.19. The van der Waals surface area contributed by atoms with Crippen molar-refractivity contribution in [3.05, 3.63) is 24.3 Å². The molecule has 16 heavy (non-hydrogen) atoms. The van der Waals surface area contributed by atoms with Gasteiger partial charge in [-0.3, -0.25) is 4.98 Å². The standard InChI is InChI=1S/C12H16FN3/c13-10-4-11(7-14-6-10)16-3-1-2-9-5-15-12(9)8-16/h4,6-7,9,12,15H,1-3,5,8H2/t9-,12-/m0/s1. The minimum atomic E-state index is -0.250. The summed E-state index contributed by atoms with van der Waals surface area (Å²) in [5.41, 5.74) is 0.911. The number of halogens is 1. The molecule has 3 heterocycles. The van der Waals surface area contributed by atoms with Gasteiger partial charge < -0.3 is 10.2 Å². The van der Waals surface area contributed by atoms with Crippen LogP contribution < -0.4 is 10.2 Å². The molecule has 0 bridgehead atoms. The number of pyridine rings is 1. The average molecular weight is 221 g/mol. The zero-order chi connectivity index (χ0) is 11.0. The maximum absolute atomic E-state index is 13.1. The van der Waals surface area contributed by atoms with Crippen molar-refractivity contribution in [2.24, 2.45) is 5.92 Å². The predicted octanol–water partition coefficient (Wildman–Crippen LogP) is 1.41. The van der Waals surface area contributed by atoms with Crippen molar-refractivity contribution in [2.75, 3.05) is 24.5 Å². The van der Waals surface area contributed by atoms with Gasteiger partial charge in [0, 0.05) is 25.2 Å². The molecule has 2 atom stereocenters. The molecule has 0 spiro atoms. The van der Waals surface area contributed by atoms with Crippen molar-refractivity contribution in [3.8, 4) is 0 Å². The summed E-state index contributed by atoms with van der Waals surface area (Å²) >= 11 is 0. The second-order valence-corrected chi connectivity index (χ2v) is 4.72. The van der Waals surface area contributed by atoms with Crippen LogP contribution in [0.1, 0.15) is 12.8 Å². The first-order valence-corrected chi connectivity index (χ1v) is 5.92. The molecule has 1 aromatic rings. The molecule has 1 aromatic heterocycles. The number of nitrogens with zero attached hydrogens (tertiary/aromatic N) is 2. The van der Waals surface area contributed by atoms with Crippen molar-refractivity contribution in [3.63, 3.8) is 0 Å². The lowest BCUT2D eigenvalue weighted by Gasteiger charge is -2.38. The predicted molar refractivity (Wildman–Crippen MR) is 60.9 cm³/mol. The molecule has 1 N–H and O–H groups in total. The Morgan fingerprint density at radius 1 is 1.44 bits per heavy atom. The van der Waals surface area contributed by atoms with Crippen molar-refractivity contribution in [1.82, 2.24) is 10.3 Å². The molecule has 2 fully saturated rings. The SMILES string of the molecule is Fc1cncc(N2CCC[C@H]3CN[C@H]3C2)c1. The molecule has 0 aliphatic carbocycles. The molecular formula is C12H16FN3. The minimum absolute atomic E-state index is 0.250. The van der Waals surface area contributed by atoms with E-state index in [9.17, 15) is 4.39 Å². The molecule has 86 valence electrons. The van der Waals surface area contributed by atoms with Gasteiger partial charge in [-0.2, -0.15) is 0 Å². The number of hydrogen-bond donors (Lipinski definition) is 1. The highest BCUT2D eigenvalue weighted by Gasteiger charge is 2.33. The van der Waals surface area contributed by atoms with Gasteiger partial charge in [0.25, 0.3) is 0 Å². The van der Waals surface area contributed by atoms with Crippen molar-refractivity contribution in [1.29, 1.82) is 0 Å². The Balaban J connectivity index is 1.78. The second kappa shape index (κ2) is 4.01. The number of fused-ring (bicyclic) bond motifs is 1. The van der Waals surface area contributed by atoms with Crippen molar-refractivity contribution in [2.45, 2.75) is 18.9 Å². The van der Waals surface area contributed by atoms with E-state index in [0.29, 0.717) is 6.04 Å². The molecule has 0 amide bonds. The largest absolute Gasteiger partial charge is 0.369 e. The third-order valence-electron chi connectivity index (χ3n) is 3.69. The molecule has 0 unspecified atom stereocenters. The lowest BCUT2D eigenvalue weighted by molar-refractivity contribution is 0.234. The van der Waals surface area contributed by atoms with E-state index in [-0.39, 0.29) is 5.82 Å². The third-order valence-corrected chi connectivity index (χ3v) is 3.69. The fourth-order valence-corrected chi connectivity index (χ4v) is 2.65. The van der Waals surface area contributed by atoms with E-state index in [4.69, 9.17) is 0 Å². The van der Waals surface area contributed by atoms with Crippen LogP contribution in [-0.2, 0) is 0 Å². The topological polar surface area (TPSA) is 28.2 Å². The quantitative estimate of drug-likeness (QED) is 0.777. The molecule has 0 aromatic carbocycles. The van der Waals surface area contributed by atoms with Crippen LogP contribution in [0.2, 0.25) is 0 Å². The Hall–Kier alpha value is -1.16. The van der Waals surface area contributed by atoms with Crippen LogP contribution in [0.25, 0.3) is 0 Å². The van der Waals surface area contributed by atoms with Gasteiger partial charge >= 0.3 is 0 Å². The highest BCUT2D eigenvalue weighted by atomic mass is 19.1. The molecule has 2 saturated heterocycles. The molecule has 0 saturated carbocycles. The summed E-state index contributed by atoms with van der Waals surface area (Å²) in [7, 11) is 0. The number of hydrogen-bond acceptors (Lipinski definition) is 3. The maximum Gasteiger partial charge on any atom is 0.143 e. The first kappa shape index (κ1) is 10.0. The number of aromatic nitrogens is 1. The minimum Gasteiger partial charge on any atom is -0.369 e.